The number of rotatable bonds is 5. The fourth-order valence-corrected chi connectivity index (χ4v) is 1.98. The first kappa shape index (κ1) is 15.4. The van der Waals surface area contributed by atoms with E-state index in [9.17, 15) is 13.2 Å². The molecule has 112 valence electrons. The van der Waals surface area contributed by atoms with Crippen molar-refractivity contribution >= 4 is 5.69 Å². The quantitative estimate of drug-likeness (QED) is 0.878. The van der Waals surface area contributed by atoms with E-state index < -0.39 is 11.7 Å². The monoisotopic (exact) mass is 295 g/mol. The van der Waals surface area contributed by atoms with Crippen LogP contribution in [0.3, 0.4) is 0 Å². The van der Waals surface area contributed by atoms with Gasteiger partial charge in [0.25, 0.3) is 0 Å². The van der Waals surface area contributed by atoms with Crippen molar-refractivity contribution in [3.05, 3.63) is 65.2 Å². The lowest BCUT2D eigenvalue weighted by Gasteiger charge is -2.10. The predicted octanol–water partition coefficient (Wildman–Crippen LogP) is 3.85. The molecular formula is C16H16F3NO. The number of hydrogen-bond donors (Lipinski definition) is 2. The average molecular weight is 295 g/mol. The average Bonchev–Trinajstić information content (AvgIpc) is 2.46. The van der Waals surface area contributed by atoms with Crippen molar-refractivity contribution in [2.75, 3.05) is 11.9 Å². The number of halogens is 3. The standard InChI is InChI=1S/C16H16F3NO/c17-16(18,19)14-3-1-2-13(10-14)11-20-15-6-4-12(5-7-15)8-9-21/h1-7,10,20-21H,8-9,11H2. The lowest BCUT2D eigenvalue weighted by Crippen LogP contribution is -2.06. The van der Waals surface area contributed by atoms with Crippen LogP contribution in [0.2, 0.25) is 0 Å². The lowest BCUT2D eigenvalue weighted by molar-refractivity contribution is -0.137. The highest BCUT2D eigenvalue weighted by Crippen LogP contribution is 2.29. The molecule has 0 radical (unpaired) electrons. The first-order valence-electron chi connectivity index (χ1n) is 6.59. The Morgan fingerprint density at radius 2 is 1.67 bits per heavy atom. The Kier molecular flexibility index (Phi) is 4.85. The van der Waals surface area contributed by atoms with Gasteiger partial charge in [0, 0.05) is 18.8 Å². The van der Waals surface area contributed by atoms with E-state index in [0.717, 1.165) is 23.4 Å². The van der Waals surface area contributed by atoms with Gasteiger partial charge in [-0.15, -0.1) is 0 Å². The summed E-state index contributed by atoms with van der Waals surface area (Å²) in [5, 5.41) is 11.9. The van der Waals surface area contributed by atoms with Crippen LogP contribution in [0.4, 0.5) is 18.9 Å². The van der Waals surface area contributed by atoms with Crippen molar-refractivity contribution in [1.82, 2.24) is 0 Å². The minimum absolute atomic E-state index is 0.0943. The van der Waals surface area contributed by atoms with E-state index >= 15 is 0 Å². The number of anilines is 1. The summed E-state index contributed by atoms with van der Waals surface area (Å²) < 4.78 is 37.8. The van der Waals surface area contributed by atoms with Gasteiger partial charge in [-0.2, -0.15) is 13.2 Å². The summed E-state index contributed by atoms with van der Waals surface area (Å²) in [7, 11) is 0. The molecule has 0 amide bonds. The van der Waals surface area contributed by atoms with Gasteiger partial charge in [-0.25, -0.2) is 0 Å². The molecule has 0 fully saturated rings. The fourth-order valence-electron chi connectivity index (χ4n) is 1.98. The smallest absolute Gasteiger partial charge is 0.396 e. The van der Waals surface area contributed by atoms with Crippen molar-refractivity contribution in [3.63, 3.8) is 0 Å². The molecule has 2 N–H and O–H groups in total. The summed E-state index contributed by atoms with van der Waals surface area (Å²) in [6.45, 7) is 0.417. The van der Waals surface area contributed by atoms with Crippen molar-refractivity contribution in [2.45, 2.75) is 19.1 Å². The molecular weight excluding hydrogens is 279 g/mol. The number of aliphatic hydroxyl groups is 1. The van der Waals surface area contributed by atoms with Gasteiger partial charge in [-0.3, -0.25) is 0 Å². The third-order valence-electron chi connectivity index (χ3n) is 3.11. The highest BCUT2D eigenvalue weighted by atomic mass is 19.4. The number of alkyl halides is 3. The zero-order valence-electron chi connectivity index (χ0n) is 11.3. The summed E-state index contributed by atoms with van der Waals surface area (Å²) >= 11 is 0. The number of nitrogens with one attached hydrogen (secondary N) is 1. The molecule has 0 aliphatic rings. The van der Waals surface area contributed by atoms with Gasteiger partial charge in [-0.1, -0.05) is 24.3 Å². The second kappa shape index (κ2) is 6.63. The van der Waals surface area contributed by atoms with Crippen molar-refractivity contribution in [2.24, 2.45) is 0 Å². The number of aliphatic hydroxyl groups excluding tert-OH is 1. The summed E-state index contributed by atoms with van der Waals surface area (Å²) in [5.74, 6) is 0. The number of hydrogen-bond acceptors (Lipinski definition) is 2. The van der Waals surface area contributed by atoms with Crippen molar-refractivity contribution < 1.29 is 18.3 Å². The Balaban J connectivity index is 1.99. The predicted molar refractivity (Wildman–Crippen MR) is 76.0 cm³/mol. The van der Waals surface area contributed by atoms with E-state index in [1.807, 2.05) is 24.3 Å². The Hall–Kier alpha value is -2.01. The Morgan fingerprint density at radius 1 is 0.952 bits per heavy atom. The lowest BCUT2D eigenvalue weighted by atomic mass is 10.1. The van der Waals surface area contributed by atoms with E-state index in [-0.39, 0.29) is 6.61 Å². The van der Waals surface area contributed by atoms with Gasteiger partial charge < -0.3 is 10.4 Å². The Morgan fingerprint density at radius 3 is 2.29 bits per heavy atom. The molecule has 0 spiro atoms. The molecule has 2 nitrogen and oxygen atoms in total. The summed E-state index contributed by atoms with van der Waals surface area (Å²) in [6.07, 6.45) is -3.73. The Bertz CT molecular complexity index is 579. The molecule has 0 atom stereocenters. The van der Waals surface area contributed by atoms with Crippen LogP contribution in [0.1, 0.15) is 16.7 Å². The van der Waals surface area contributed by atoms with Gasteiger partial charge >= 0.3 is 6.18 Å². The minimum Gasteiger partial charge on any atom is -0.396 e. The van der Waals surface area contributed by atoms with E-state index in [0.29, 0.717) is 18.5 Å². The SMILES string of the molecule is OCCc1ccc(NCc2cccc(C(F)(F)F)c2)cc1. The molecule has 0 aliphatic carbocycles. The maximum atomic E-state index is 12.6. The highest BCUT2D eigenvalue weighted by Gasteiger charge is 2.30. The van der Waals surface area contributed by atoms with E-state index in [4.69, 9.17) is 5.11 Å². The molecule has 2 rings (SSSR count). The summed E-state index contributed by atoms with van der Waals surface area (Å²) in [6, 6.07) is 12.7. The molecule has 0 saturated heterocycles. The largest absolute Gasteiger partial charge is 0.416 e. The normalized spacial score (nSPS) is 11.4. The molecule has 2 aromatic rings. The van der Waals surface area contributed by atoms with Crippen LogP contribution in [0, 0.1) is 0 Å². The first-order chi connectivity index (χ1) is 9.99. The van der Waals surface area contributed by atoms with E-state index in [1.165, 1.54) is 6.07 Å². The molecule has 0 unspecified atom stereocenters. The van der Waals surface area contributed by atoms with Crippen molar-refractivity contribution in [3.8, 4) is 0 Å². The molecule has 5 heteroatoms. The molecule has 0 saturated carbocycles. The fraction of sp³-hybridized carbons (Fsp3) is 0.250. The second-order valence-corrected chi connectivity index (χ2v) is 4.72. The molecule has 2 aromatic carbocycles. The van der Waals surface area contributed by atoms with Gasteiger partial charge in [0.05, 0.1) is 5.56 Å². The zero-order chi connectivity index (χ0) is 15.3. The molecule has 0 bridgehead atoms. The van der Waals surface area contributed by atoms with Crippen molar-refractivity contribution in [1.29, 1.82) is 0 Å². The van der Waals surface area contributed by atoms with Crippen LogP contribution in [-0.4, -0.2) is 11.7 Å². The summed E-state index contributed by atoms with van der Waals surface area (Å²) in [4.78, 5) is 0. The number of benzene rings is 2. The van der Waals surface area contributed by atoms with Gasteiger partial charge in [0.1, 0.15) is 0 Å². The zero-order valence-corrected chi connectivity index (χ0v) is 11.3. The molecule has 0 aromatic heterocycles. The van der Waals surface area contributed by atoms with Crippen LogP contribution < -0.4 is 5.32 Å². The second-order valence-electron chi connectivity index (χ2n) is 4.72. The topological polar surface area (TPSA) is 32.3 Å². The van der Waals surface area contributed by atoms with Crippen LogP contribution in [0.15, 0.2) is 48.5 Å². The van der Waals surface area contributed by atoms with Crippen LogP contribution >= 0.6 is 0 Å². The van der Waals surface area contributed by atoms with Crippen LogP contribution in [0.25, 0.3) is 0 Å². The van der Waals surface area contributed by atoms with E-state index in [1.54, 1.807) is 6.07 Å². The van der Waals surface area contributed by atoms with Gasteiger partial charge in [-0.05, 0) is 41.8 Å². The van der Waals surface area contributed by atoms with Gasteiger partial charge in [0.15, 0.2) is 0 Å². The van der Waals surface area contributed by atoms with E-state index in [2.05, 4.69) is 5.32 Å². The first-order valence-corrected chi connectivity index (χ1v) is 6.59. The Labute approximate surface area is 121 Å². The van der Waals surface area contributed by atoms with Crippen LogP contribution in [-0.2, 0) is 19.1 Å². The minimum atomic E-state index is -4.32. The highest BCUT2D eigenvalue weighted by molar-refractivity contribution is 5.45. The molecule has 21 heavy (non-hydrogen) atoms. The summed E-state index contributed by atoms with van der Waals surface area (Å²) in [5.41, 5.74) is 1.78. The third-order valence-corrected chi connectivity index (χ3v) is 3.11. The maximum absolute atomic E-state index is 12.6. The van der Waals surface area contributed by atoms with Crippen LogP contribution in [0.5, 0.6) is 0 Å². The maximum Gasteiger partial charge on any atom is 0.416 e. The molecule has 0 aliphatic heterocycles. The third kappa shape index (κ3) is 4.49. The van der Waals surface area contributed by atoms with Gasteiger partial charge in [0.2, 0.25) is 0 Å². The molecule has 0 heterocycles.